The summed E-state index contributed by atoms with van der Waals surface area (Å²) in [6.45, 7) is 0. The Kier molecular flexibility index (Phi) is 4.18. The van der Waals surface area contributed by atoms with Gasteiger partial charge in [0.1, 0.15) is 11.6 Å². The zero-order valence-electron chi connectivity index (χ0n) is 10.4. The first-order chi connectivity index (χ1) is 9.88. The van der Waals surface area contributed by atoms with Gasteiger partial charge in [-0.25, -0.2) is 13.6 Å². The van der Waals surface area contributed by atoms with Gasteiger partial charge in [-0.3, -0.25) is 4.79 Å². The van der Waals surface area contributed by atoms with E-state index in [2.05, 4.69) is 5.32 Å². The van der Waals surface area contributed by atoms with Crippen molar-refractivity contribution >= 4 is 29.2 Å². The fourth-order valence-electron chi connectivity index (χ4n) is 1.64. The molecule has 21 heavy (non-hydrogen) atoms. The van der Waals surface area contributed by atoms with Crippen LogP contribution in [0.1, 0.15) is 20.7 Å². The third-order valence-electron chi connectivity index (χ3n) is 2.64. The molecule has 108 valence electrons. The second-order valence-electron chi connectivity index (χ2n) is 4.08. The Balaban J connectivity index is 2.33. The largest absolute Gasteiger partial charge is 0.478 e. The van der Waals surface area contributed by atoms with Gasteiger partial charge in [0.15, 0.2) is 0 Å². The maximum atomic E-state index is 13.2. The lowest BCUT2D eigenvalue weighted by atomic mass is 10.1. The summed E-state index contributed by atoms with van der Waals surface area (Å²) >= 11 is 5.56. The molecule has 0 radical (unpaired) electrons. The number of carboxylic acids is 1. The summed E-state index contributed by atoms with van der Waals surface area (Å²) in [5.74, 6) is -3.44. The molecule has 0 heterocycles. The second kappa shape index (κ2) is 5.88. The highest BCUT2D eigenvalue weighted by atomic mass is 35.5. The van der Waals surface area contributed by atoms with Crippen LogP contribution in [0, 0.1) is 11.6 Å². The first-order valence-electron chi connectivity index (χ1n) is 5.67. The predicted octanol–water partition coefficient (Wildman–Crippen LogP) is 3.57. The fraction of sp³-hybridized carbons (Fsp3) is 0. The van der Waals surface area contributed by atoms with Crippen molar-refractivity contribution in [2.24, 2.45) is 0 Å². The molecule has 0 aliphatic carbocycles. The van der Waals surface area contributed by atoms with Crippen LogP contribution >= 0.6 is 11.6 Å². The van der Waals surface area contributed by atoms with Gasteiger partial charge >= 0.3 is 5.97 Å². The van der Waals surface area contributed by atoms with E-state index in [1.54, 1.807) is 0 Å². The minimum Gasteiger partial charge on any atom is -0.478 e. The highest BCUT2D eigenvalue weighted by Crippen LogP contribution is 2.20. The number of halogens is 3. The van der Waals surface area contributed by atoms with Gasteiger partial charge < -0.3 is 10.4 Å². The van der Waals surface area contributed by atoms with Crippen molar-refractivity contribution in [3.63, 3.8) is 0 Å². The summed E-state index contributed by atoms with van der Waals surface area (Å²) in [5.41, 5.74) is -0.451. The van der Waals surface area contributed by atoms with Gasteiger partial charge in [0.05, 0.1) is 16.3 Å². The van der Waals surface area contributed by atoms with E-state index >= 15 is 0 Å². The van der Waals surface area contributed by atoms with Crippen molar-refractivity contribution in [2.75, 3.05) is 5.32 Å². The molecule has 1 amide bonds. The van der Waals surface area contributed by atoms with Gasteiger partial charge in [-0.05, 0) is 36.4 Å². The Morgan fingerprint density at radius 2 is 1.81 bits per heavy atom. The van der Waals surface area contributed by atoms with E-state index in [1.807, 2.05) is 0 Å². The van der Waals surface area contributed by atoms with Crippen LogP contribution in [0.2, 0.25) is 5.02 Å². The molecule has 2 aromatic carbocycles. The lowest BCUT2D eigenvalue weighted by Crippen LogP contribution is -2.15. The van der Waals surface area contributed by atoms with Crippen molar-refractivity contribution in [3.8, 4) is 0 Å². The van der Waals surface area contributed by atoms with Crippen LogP contribution in [0.25, 0.3) is 0 Å². The van der Waals surface area contributed by atoms with Crippen LogP contribution in [0.3, 0.4) is 0 Å². The third-order valence-corrected chi connectivity index (χ3v) is 2.93. The zero-order chi connectivity index (χ0) is 15.6. The Morgan fingerprint density at radius 3 is 2.43 bits per heavy atom. The van der Waals surface area contributed by atoms with Crippen LogP contribution < -0.4 is 5.32 Å². The van der Waals surface area contributed by atoms with Crippen molar-refractivity contribution in [1.29, 1.82) is 0 Å². The Labute approximate surface area is 123 Å². The van der Waals surface area contributed by atoms with Crippen molar-refractivity contribution in [1.82, 2.24) is 0 Å². The maximum absolute atomic E-state index is 13.2. The summed E-state index contributed by atoms with van der Waals surface area (Å²) in [7, 11) is 0. The summed E-state index contributed by atoms with van der Waals surface area (Å²) in [4.78, 5) is 23.0. The molecule has 4 nitrogen and oxygen atoms in total. The van der Waals surface area contributed by atoms with E-state index in [-0.39, 0.29) is 21.8 Å². The standard InChI is InChI=1S/C14H8ClF2NO3/c15-10-5-7(1-4-11(10)17)13(19)18-12-6-8(16)2-3-9(12)14(20)21/h1-6H,(H,18,19)(H,20,21). The predicted molar refractivity (Wildman–Crippen MR) is 72.7 cm³/mol. The molecule has 0 saturated carbocycles. The lowest BCUT2D eigenvalue weighted by molar-refractivity contribution is 0.0698. The van der Waals surface area contributed by atoms with E-state index in [0.29, 0.717) is 0 Å². The van der Waals surface area contributed by atoms with Gasteiger partial charge in [0.2, 0.25) is 0 Å². The minimum atomic E-state index is -1.32. The molecular formula is C14H8ClF2NO3. The molecule has 0 fully saturated rings. The minimum absolute atomic E-state index is 0.0157. The average Bonchev–Trinajstić information content (AvgIpc) is 2.41. The van der Waals surface area contributed by atoms with Gasteiger partial charge in [0, 0.05) is 5.56 Å². The first-order valence-corrected chi connectivity index (χ1v) is 6.05. The van der Waals surface area contributed by atoms with Crippen LogP contribution in [0.4, 0.5) is 14.5 Å². The van der Waals surface area contributed by atoms with Crippen LogP contribution in [0.5, 0.6) is 0 Å². The zero-order valence-corrected chi connectivity index (χ0v) is 11.1. The van der Waals surface area contributed by atoms with Crippen molar-refractivity contribution in [2.45, 2.75) is 0 Å². The molecule has 0 saturated heterocycles. The van der Waals surface area contributed by atoms with E-state index in [9.17, 15) is 18.4 Å². The number of benzene rings is 2. The molecule has 2 N–H and O–H groups in total. The third kappa shape index (κ3) is 3.35. The van der Waals surface area contributed by atoms with Crippen molar-refractivity contribution in [3.05, 3.63) is 64.2 Å². The second-order valence-corrected chi connectivity index (χ2v) is 4.49. The molecule has 2 aromatic rings. The molecule has 0 aliphatic heterocycles. The number of amides is 1. The maximum Gasteiger partial charge on any atom is 0.337 e. The monoisotopic (exact) mass is 311 g/mol. The molecule has 2 rings (SSSR count). The number of hydrogen-bond donors (Lipinski definition) is 2. The molecule has 0 bridgehead atoms. The summed E-state index contributed by atoms with van der Waals surface area (Å²) in [6, 6.07) is 6.15. The first kappa shape index (κ1) is 14.9. The fourth-order valence-corrected chi connectivity index (χ4v) is 1.82. The van der Waals surface area contributed by atoms with Gasteiger partial charge in [-0.1, -0.05) is 11.6 Å². The molecular weight excluding hydrogens is 304 g/mol. The number of carbonyl (C=O) groups excluding carboxylic acids is 1. The van der Waals surface area contributed by atoms with E-state index < -0.39 is 23.5 Å². The van der Waals surface area contributed by atoms with Crippen LogP contribution in [-0.4, -0.2) is 17.0 Å². The van der Waals surface area contributed by atoms with E-state index in [0.717, 1.165) is 30.3 Å². The molecule has 0 unspecified atom stereocenters. The summed E-state index contributed by atoms with van der Waals surface area (Å²) in [5, 5.41) is 11.0. The summed E-state index contributed by atoms with van der Waals surface area (Å²) < 4.78 is 26.2. The Bertz CT molecular complexity index is 734. The molecule has 0 aromatic heterocycles. The molecule has 0 aliphatic rings. The quantitative estimate of drug-likeness (QED) is 0.910. The number of anilines is 1. The topological polar surface area (TPSA) is 66.4 Å². The van der Waals surface area contributed by atoms with Crippen LogP contribution in [0.15, 0.2) is 36.4 Å². The SMILES string of the molecule is O=C(Nc1cc(F)ccc1C(=O)O)c1ccc(F)c(Cl)c1. The number of rotatable bonds is 3. The van der Waals surface area contributed by atoms with Gasteiger partial charge in [0.25, 0.3) is 5.91 Å². The Hall–Kier alpha value is -2.47. The lowest BCUT2D eigenvalue weighted by Gasteiger charge is -2.09. The van der Waals surface area contributed by atoms with Crippen LogP contribution in [-0.2, 0) is 0 Å². The van der Waals surface area contributed by atoms with Gasteiger partial charge in [-0.15, -0.1) is 0 Å². The molecule has 7 heteroatoms. The highest BCUT2D eigenvalue weighted by Gasteiger charge is 2.15. The number of hydrogen-bond acceptors (Lipinski definition) is 2. The smallest absolute Gasteiger partial charge is 0.337 e. The highest BCUT2D eigenvalue weighted by molar-refractivity contribution is 6.31. The average molecular weight is 312 g/mol. The normalized spacial score (nSPS) is 10.2. The van der Waals surface area contributed by atoms with E-state index in [4.69, 9.17) is 16.7 Å². The van der Waals surface area contributed by atoms with Crippen molar-refractivity contribution < 1.29 is 23.5 Å². The number of aromatic carboxylic acids is 1. The summed E-state index contributed by atoms with van der Waals surface area (Å²) in [6.07, 6.45) is 0. The Morgan fingerprint density at radius 1 is 1.10 bits per heavy atom. The molecule has 0 spiro atoms. The van der Waals surface area contributed by atoms with E-state index in [1.165, 1.54) is 6.07 Å². The molecule has 0 atom stereocenters. The number of nitrogens with one attached hydrogen (secondary N) is 1. The number of carbonyl (C=O) groups is 2. The number of carboxylic acid groups (broad SMARTS) is 1. The van der Waals surface area contributed by atoms with Gasteiger partial charge in [-0.2, -0.15) is 0 Å².